The first-order valence-corrected chi connectivity index (χ1v) is 8.31. The van der Waals surface area contributed by atoms with Crippen LogP contribution in [-0.2, 0) is 0 Å². The monoisotopic (exact) mass is 330 g/mol. The van der Waals surface area contributed by atoms with E-state index in [-0.39, 0.29) is 17.5 Å². The lowest BCUT2D eigenvalue weighted by Crippen LogP contribution is -2.22. The van der Waals surface area contributed by atoms with Gasteiger partial charge >= 0.3 is 6.03 Å². The van der Waals surface area contributed by atoms with Crippen molar-refractivity contribution in [1.82, 2.24) is 0 Å². The number of primary amides is 1. The molecule has 0 bridgehead atoms. The van der Waals surface area contributed by atoms with Gasteiger partial charge in [-0.2, -0.15) is 0 Å². The maximum atomic E-state index is 13.0. The Morgan fingerprint density at radius 2 is 1.92 bits per heavy atom. The lowest BCUT2D eigenvalue weighted by Gasteiger charge is -2.12. The number of amides is 2. The van der Waals surface area contributed by atoms with Gasteiger partial charge in [-0.15, -0.1) is 0 Å². The highest BCUT2D eigenvalue weighted by Crippen LogP contribution is 2.36. The first-order valence-electron chi connectivity index (χ1n) is 8.31. The van der Waals surface area contributed by atoms with Gasteiger partial charge < -0.3 is 20.2 Å². The van der Waals surface area contributed by atoms with Crippen molar-refractivity contribution in [3.8, 4) is 5.75 Å². The zero-order valence-electron chi connectivity index (χ0n) is 13.8. The van der Waals surface area contributed by atoms with Crippen molar-refractivity contribution < 1.29 is 18.7 Å². The second kappa shape index (κ2) is 6.95. The summed E-state index contributed by atoms with van der Waals surface area (Å²) in [6.07, 6.45) is 6.12. The summed E-state index contributed by atoms with van der Waals surface area (Å²) in [5.74, 6) is 0.679. The summed E-state index contributed by atoms with van der Waals surface area (Å²) in [6.45, 7) is 0. The van der Waals surface area contributed by atoms with E-state index in [2.05, 4.69) is 5.32 Å². The van der Waals surface area contributed by atoms with E-state index < -0.39 is 6.03 Å². The van der Waals surface area contributed by atoms with Gasteiger partial charge in [0, 0.05) is 17.4 Å². The molecule has 0 saturated heterocycles. The first kappa shape index (κ1) is 16.4. The lowest BCUT2D eigenvalue weighted by molar-refractivity contribution is 0.0882. The van der Waals surface area contributed by atoms with Gasteiger partial charge in [0.15, 0.2) is 5.76 Å². The number of anilines is 1. The van der Waals surface area contributed by atoms with Crippen molar-refractivity contribution in [2.24, 2.45) is 11.7 Å². The molecular formula is C18H22N2O4. The number of methoxy groups -OCH3 is 1. The van der Waals surface area contributed by atoms with E-state index in [1.54, 1.807) is 25.3 Å². The molecule has 1 saturated carbocycles. The highest BCUT2D eigenvalue weighted by atomic mass is 16.5. The van der Waals surface area contributed by atoms with Crippen LogP contribution in [0, 0.1) is 5.92 Å². The molecule has 6 heteroatoms. The van der Waals surface area contributed by atoms with E-state index in [0.29, 0.717) is 22.4 Å². The van der Waals surface area contributed by atoms with Crippen LogP contribution in [0.2, 0.25) is 0 Å². The number of hydrogen-bond acceptors (Lipinski definition) is 4. The van der Waals surface area contributed by atoms with Gasteiger partial charge in [-0.1, -0.05) is 25.7 Å². The number of benzene rings is 1. The maximum absolute atomic E-state index is 13.0. The van der Waals surface area contributed by atoms with Crippen molar-refractivity contribution in [1.29, 1.82) is 0 Å². The molecule has 0 atom stereocenters. The Hall–Kier alpha value is -2.50. The van der Waals surface area contributed by atoms with Gasteiger partial charge in [0.05, 0.1) is 7.11 Å². The fourth-order valence-corrected chi connectivity index (χ4v) is 3.35. The summed E-state index contributed by atoms with van der Waals surface area (Å²) in [6, 6.07) is 4.49. The van der Waals surface area contributed by atoms with Gasteiger partial charge in [0.2, 0.25) is 5.78 Å². The van der Waals surface area contributed by atoms with Crippen molar-refractivity contribution in [2.75, 3.05) is 12.4 Å². The van der Waals surface area contributed by atoms with Crippen LogP contribution in [0.5, 0.6) is 5.75 Å². The van der Waals surface area contributed by atoms with Crippen molar-refractivity contribution in [3.05, 3.63) is 24.0 Å². The molecule has 0 aliphatic heterocycles. The van der Waals surface area contributed by atoms with Crippen LogP contribution in [0.25, 0.3) is 11.0 Å². The molecule has 3 N–H and O–H groups in total. The molecule has 24 heavy (non-hydrogen) atoms. The fraction of sp³-hybridized carbons (Fsp3) is 0.444. The van der Waals surface area contributed by atoms with Gasteiger partial charge in [0.1, 0.15) is 17.0 Å². The van der Waals surface area contributed by atoms with Crippen LogP contribution in [0.3, 0.4) is 0 Å². The van der Waals surface area contributed by atoms with Crippen LogP contribution in [-0.4, -0.2) is 18.9 Å². The number of hydrogen-bond donors (Lipinski definition) is 2. The normalized spacial score (nSPS) is 15.9. The third kappa shape index (κ3) is 3.22. The molecule has 1 aromatic heterocycles. The molecule has 128 valence electrons. The SMILES string of the molecule is COc1ccc2c(NC(N)=O)c(C(=O)C3CCCCCC3)oc2c1. The van der Waals surface area contributed by atoms with Gasteiger partial charge in [-0.25, -0.2) is 4.79 Å². The van der Waals surface area contributed by atoms with E-state index in [9.17, 15) is 9.59 Å². The van der Waals surface area contributed by atoms with E-state index >= 15 is 0 Å². The average Bonchev–Trinajstić information content (AvgIpc) is 2.76. The number of ether oxygens (including phenoxy) is 1. The summed E-state index contributed by atoms with van der Waals surface area (Å²) >= 11 is 0. The highest BCUT2D eigenvalue weighted by molar-refractivity contribution is 6.11. The number of urea groups is 1. The lowest BCUT2D eigenvalue weighted by atomic mass is 9.93. The smallest absolute Gasteiger partial charge is 0.316 e. The average molecular weight is 330 g/mol. The van der Waals surface area contributed by atoms with E-state index in [4.69, 9.17) is 14.9 Å². The van der Waals surface area contributed by atoms with Crippen molar-refractivity contribution >= 4 is 28.5 Å². The van der Waals surface area contributed by atoms with Gasteiger partial charge in [-0.05, 0) is 25.0 Å². The van der Waals surface area contributed by atoms with Crippen LogP contribution in [0.15, 0.2) is 22.6 Å². The van der Waals surface area contributed by atoms with Crippen LogP contribution in [0.4, 0.5) is 10.5 Å². The number of ketones is 1. The molecule has 1 aliphatic rings. The van der Waals surface area contributed by atoms with E-state index in [1.807, 2.05) is 0 Å². The van der Waals surface area contributed by atoms with Crippen molar-refractivity contribution in [2.45, 2.75) is 38.5 Å². The molecule has 1 heterocycles. The quantitative estimate of drug-likeness (QED) is 0.652. The van der Waals surface area contributed by atoms with Gasteiger partial charge in [0.25, 0.3) is 0 Å². The number of Topliss-reactive ketones (excluding diaryl/α,β-unsaturated/α-hetero) is 1. The molecule has 2 aromatic rings. The Morgan fingerprint density at radius 1 is 1.21 bits per heavy atom. The van der Waals surface area contributed by atoms with Crippen LogP contribution < -0.4 is 15.8 Å². The Labute approximate surface area is 140 Å². The molecule has 2 amide bonds. The topological polar surface area (TPSA) is 94.6 Å². The molecule has 1 aromatic carbocycles. The fourth-order valence-electron chi connectivity index (χ4n) is 3.35. The van der Waals surface area contributed by atoms with Crippen LogP contribution >= 0.6 is 0 Å². The summed E-state index contributed by atoms with van der Waals surface area (Å²) in [7, 11) is 1.56. The molecular weight excluding hydrogens is 308 g/mol. The predicted octanol–water partition coefficient (Wildman–Crippen LogP) is 4.09. The highest BCUT2D eigenvalue weighted by Gasteiger charge is 2.28. The number of nitrogens with two attached hydrogens (primary N) is 1. The third-order valence-corrected chi connectivity index (χ3v) is 4.60. The number of fused-ring (bicyclic) bond motifs is 1. The maximum Gasteiger partial charge on any atom is 0.316 e. The molecule has 0 unspecified atom stereocenters. The number of nitrogens with one attached hydrogen (secondary N) is 1. The van der Waals surface area contributed by atoms with E-state index in [1.165, 1.54) is 0 Å². The molecule has 0 radical (unpaired) electrons. The van der Waals surface area contributed by atoms with Crippen LogP contribution in [0.1, 0.15) is 49.1 Å². The zero-order valence-corrected chi connectivity index (χ0v) is 13.8. The number of carbonyl (C=O) groups is 2. The molecule has 1 fully saturated rings. The second-order valence-corrected chi connectivity index (χ2v) is 6.21. The number of furan rings is 1. The van der Waals surface area contributed by atoms with E-state index in [0.717, 1.165) is 38.5 Å². The summed E-state index contributed by atoms with van der Waals surface area (Å²) in [5.41, 5.74) is 6.13. The molecule has 6 nitrogen and oxygen atoms in total. The number of carbonyl (C=O) groups excluding carboxylic acids is 2. The van der Waals surface area contributed by atoms with Crippen molar-refractivity contribution in [3.63, 3.8) is 0 Å². The Morgan fingerprint density at radius 3 is 2.54 bits per heavy atom. The second-order valence-electron chi connectivity index (χ2n) is 6.21. The Kier molecular flexibility index (Phi) is 4.74. The summed E-state index contributed by atoms with van der Waals surface area (Å²) in [5, 5.41) is 3.20. The zero-order chi connectivity index (χ0) is 17.1. The Bertz CT molecular complexity index is 758. The molecule has 0 spiro atoms. The Balaban J connectivity index is 2.03. The summed E-state index contributed by atoms with van der Waals surface area (Å²) < 4.78 is 11.0. The first-order chi connectivity index (χ1) is 11.6. The largest absolute Gasteiger partial charge is 0.497 e. The minimum atomic E-state index is -0.719. The minimum absolute atomic E-state index is 0.0594. The standard InChI is InChI=1S/C18H22N2O4/c1-23-12-8-9-13-14(10-12)24-17(15(13)20-18(19)22)16(21)11-6-4-2-3-5-7-11/h8-11H,2-7H2,1H3,(H3,19,20,22). The summed E-state index contributed by atoms with van der Waals surface area (Å²) in [4.78, 5) is 24.3. The predicted molar refractivity (Wildman–Crippen MR) is 91.5 cm³/mol. The minimum Gasteiger partial charge on any atom is -0.497 e. The third-order valence-electron chi connectivity index (χ3n) is 4.60. The van der Waals surface area contributed by atoms with Gasteiger partial charge in [-0.3, -0.25) is 4.79 Å². The number of rotatable bonds is 4. The molecule has 3 rings (SSSR count). The molecule has 1 aliphatic carbocycles.